The zero-order valence-electron chi connectivity index (χ0n) is 10.9. The molecule has 0 saturated heterocycles. The Kier molecular flexibility index (Phi) is 4.08. The van der Waals surface area contributed by atoms with Crippen molar-refractivity contribution in [3.8, 4) is 0 Å². The first-order valence-electron chi connectivity index (χ1n) is 5.90. The van der Waals surface area contributed by atoms with Crippen molar-refractivity contribution in [3.05, 3.63) is 15.8 Å². The van der Waals surface area contributed by atoms with Gasteiger partial charge in [-0.1, -0.05) is 0 Å². The molecule has 1 aliphatic carbocycles. The highest BCUT2D eigenvalue weighted by molar-refractivity contribution is 7.89. The molecule has 0 bridgehead atoms. The normalized spacial score (nSPS) is 16.4. The fourth-order valence-electron chi connectivity index (χ4n) is 1.78. The Balaban J connectivity index is 2.21. The van der Waals surface area contributed by atoms with Crippen LogP contribution in [0.4, 0.5) is 0 Å². The van der Waals surface area contributed by atoms with Crippen LogP contribution in [0.1, 0.15) is 23.3 Å². The van der Waals surface area contributed by atoms with E-state index in [4.69, 9.17) is 0 Å². The molecule has 1 saturated carbocycles. The lowest BCUT2D eigenvalue weighted by atomic mass is 10.3. The van der Waals surface area contributed by atoms with Crippen LogP contribution in [0.5, 0.6) is 0 Å². The maximum atomic E-state index is 12.2. The quantitative estimate of drug-likeness (QED) is 0.769. The van der Waals surface area contributed by atoms with Gasteiger partial charge in [-0.05, 0) is 30.7 Å². The van der Waals surface area contributed by atoms with Gasteiger partial charge in [0.05, 0.1) is 0 Å². The average molecular weight is 289 g/mol. The van der Waals surface area contributed by atoms with Crippen LogP contribution in [-0.2, 0) is 16.6 Å². The minimum absolute atomic E-state index is 0.425. The number of nitrogens with one attached hydrogen (secondary N) is 2. The van der Waals surface area contributed by atoms with Gasteiger partial charge < -0.3 is 5.32 Å². The molecule has 102 valence electrons. The SMILES string of the molecule is Cc1csc(CNC2CC2)c1S(=O)(=O)NN(C)C. The molecule has 0 radical (unpaired) electrons. The molecule has 0 amide bonds. The number of aryl methyl sites for hydroxylation is 1. The van der Waals surface area contributed by atoms with Gasteiger partial charge in [0, 0.05) is 31.6 Å². The van der Waals surface area contributed by atoms with Crippen molar-refractivity contribution in [1.82, 2.24) is 15.2 Å². The van der Waals surface area contributed by atoms with E-state index in [0.717, 1.165) is 10.4 Å². The molecule has 2 rings (SSSR count). The number of hydrazine groups is 1. The van der Waals surface area contributed by atoms with E-state index in [-0.39, 0.29) is 0 Å². The van der Waals surface area contributed by atoms with Gasteiger partial charge in [0.1, 0.15) is 4.90 Å². The summed E-state index contributed by atoms with van der Waals surface area (Å²) in [6.07, 6.45) is 2.39. The van der Waals surface area contributed by atoms with Crippen LogP contribution >= 0.6 is 11.3 Å². The molecule has 5 nitrogen and oxygen atoms in total. The second-order valence-corrected chi connectivity index (χ2v) is 7.38. The molecule has 1 heterocycles. The molecule has 0 unspecified atom stereocenters. The predicted molar refractivity (Wildman–Crippen MR) is 72.9 cm³/mol. The Morgan fingerprint density at radius 2 is 2.11 bits per heavy atom. The Hall–Kier alpha value is -0.470. The summed E-state index contributed by atoms with van der Waals surface area (Å²) in [5.41, 5.74) is 0.807. The summed E-state index contributed by atoms with van der Waals surface area (Å²) in [6.45, 7) is 2.47. The number of rotatable bonds is 6. The van der Waals surface area contributed by atoms with E-state index >= 15 is 0 Å². The minimum atomic E-state index is -3.46. The van der Waals surface area contributed by atoms with Crippen molar-refractivity contribution >= 4 is 21.4 Å². The van der Waals surface area contributed by atoms with Crippen LogP contribution in [0.2, 0.25) is 0 Å². The largest absolute Gasteiger partial charge is 0.309 e. The third-order valence-electron chi connectivity index (χ3n) is 2.69. The van der Waals surface area contributed by atoms with Crippen LogP contribution in [0.25, 0.3) is 0 Å². The second-order valence-electron chi connectivity index (χ2n) is 4.82. The van der Waals surface area contributed by atoms with Crippen molar-refractivity contribution in [2.24, 2.45) is 0 Å². The summed E-state index contributed by atoms with van der Waals surface area (Å²) in [4.78, 5) is 3.80. The Bertz CT molecular complexity index is 518. The van der Waals surface area contributed by atoms with Gasteiger partial charge in [-0.25, -0.2) is 13.4 Å². The monoisotopic (exact) mass is 289 g/mol. The molecule has 2 N–H and O–H groups in total. The Labute approximate surface area is 112 Å². The van der Waals surface area contributed by atoms with Crippen molar-refractivity contribution < 1.29 is 8.42 Å². The van der Waals surface area contributed by atoms with Crippen LogP contribution < -0.4 is 10.1 Å². The minimum Gasteiger partial charge on any atom is -0.309 e. The number of sulfonamides is 1. The van der Waals surface area contributed by atoms with Gasteiger partial charge in [-0.15, -0.1) is 16.2 Å². The van der Waals surface area contributed by atoms with E-state index in [1.807, 2.05) is 12.3 Å². The zero-order chi connectivity index (χ0) is 13.3. The van der Waals surface area contributed by atoms with Crippen molar-refractivity contribution in [2.75, 3.05) is 14.1 Å². The fraction of sp³-hybridized carbons (Fsp3) is 0.636. The summed E-state index contributed by atoms with van der Waals surface area (Å²) >= 11 is 1.50. The van der Waals surface area contributed by atoms with Crippen molar-refractivity contribution in [1.29, 1.82) is 0 Å². The van der Waals surface area contributed by atoms with Crippen LogP contribution in [0.3, 0.4) is 0 Å². The van der Waals surface area contributed by atoms with Gasteiger partial charge in [0.2, 0.25) is 0 Å². The fourth-order valence-corrected chi connectivity index (χ4v) is 4.63. The molecule has 1 fully saturated rings. The predicted octanol–water partition coefficient (Wildman–Crippen LogP) is 1.06. The van der Waals surface area contributed by atoms with E-state index in [1.54, 1.807) is 14.1 Å². The van der Waals surface area contributed by atoms with Crippen LogP contribution in [0, 0.1) is 6.92 Å². The van der Waals surface area contributed by atoms with E-state index in [9.17, 15) is 8.42 Å². The molecule has 1 aromatic heterocycles. The molecule has 0 spiro atoms. The van der Waals surface area contributed by atoms with Crippen LogP contribution in [0.15, 0.2) is 10.3 Å². The highest BCUT2D eigenvalue weighted by Gasteiger charge is 2.26. The first kappa shape index (κ1) is 14.0. The maximum absolute atomic E-state index is 12.2. The van der Waals surface area contributed by atoms with E-state index in [0.29, 0.717) is 17.5 Å². The lowest BCUT2D eigenvalue weighted by Gasteiger charge is -2.14. The standard InChI is InChI=1S/C11H19N3O2S2/c1-8-7-17-10(6-12-9-4-5-9)11(8)18(15,16)13-14(2)3/h7,9,12-13H,4-6H2,1-3H3. The van der Waals surface area contributed by atoms with Gasteiger partial charge >= 0.3 is 0 Å². The second kappa shape index (κ2) is 5.26. The molecule has 0 atom stereocenters. The third kappa shape index (κ3) is 3.30. The summed E-state index contributed by atoms with van der Waals surface area (Å²) in [5, 5.41) is 6.70. The van der Waals surface area contributed by atoms with Gasteiger partial charge in [0.25, 0.3) is 10.0 Å². The summed E-state index contributed by atoms with van der Waals surface area (Å²) < 4.78 is 24.5. The lowest BCUT2D eigenvalue weighted by Crippen LogP contribution is -2.36. The first-order valence-corrected chi connectivity index (χ1v) is 8.26. The smallest absolute Gasteiger partial charge is 0.254 e. The lowest BCUT2D eigenvalue weighted by molar-refractivity contribution is 0.363. The highest BCUT2D eigenvalue weighted by atomic mass is 32.2. The molecular weight excluding hydrogens is 270 g/mol. The van der Waals surface area contributed by atoms with Gasteiger partial charge in [0.15, 0.2) is 0 Å². The highest BCUT2D eigenvalue weighted by Crippen LogP contribution is 2.28. The van der Waals surface area contributed by atoms with Gasteiger partial charge in [-0.2, -0.15) is 0 Å². The number of thiophene rings is 1. The summed E-state index contributed by atoms with van der Waals surface area (Å²) in [6, 6.07) is 0.574. The molecule has 0 aromatic carbocycles. The summed E-state index contributed by atoms with van der Waals surface area (Å²) in [7, 11) is -0.123. The number of hydrogen-bond acceptors (Lipinski definition) is 5. The van der Waals surface area contributed by atoms with Crippen molar-refractivity contribution in [2.45, 2.75) is 37.2 Å². The van der Waals surface area contributed by atoms with Crippen LogP contribution in [-0.4, -0.2) is 33.6 Å². The molecule has 18 heavy (non-hydrogen) atoms. The first-order chi connectivity index (χ1) is 8.40. The topological polar surface area (TPSA) is 61.4 Å². The molecule has 1 aliphatic rings. The van der Waals surface area contributed by atoms with Crippen molar-refractivity contribution in [3.63, 3.8) is 0 Å². The Morgan fingerprint density at radius 1 is 1.44 bits per heavy atom. The maximum Gasteiger partial charge on any atom is 0.254 e. The molecule has 1 aromatic rings. The number of nitrogens with zero attached hydrogens (tertiary/aromatic N) is 1. The molecule has 0 aliphatic heterocycles. The van der Waals surface area contributed by atoms with Gasteiger partial charge in [-0.3, -0.25) is 0 Å². The van der Waals surface area contributed by atoms with E-state index in [2.05, 4.69) is 10.1 Å². The van der Waals surface area contributed by atoms with E-state index in [1.165, 1.54) is 29.2 Å². The Morgan fingerprint density at radius 3 is 2.67 bits per heavy atom. The summed E-state index contributed by atoms with van der Waals surface area (Å²) in [5.74, 6) is 0. The van der Waals surface area contributed by atoms with E-state index < -0.39 is 10.0 Å². The average Bonchev–Trinajstić information content (AvgIpc) is 2.97. The zero-order valence-corrected chi connectivity index (χ0v) is 12.5. The molecular formula is C11H19N3O2S2. The number of hydrogen-bond donors (Lipinski definition) is 2. The third-order valence-corrected chi connectivity index (χ3v) is 5.63. The molecule has 7 heteroatoms.